The first-order chi connectivity index (χ1) is 16.4. The van der Waals surface area contributed by atoms with Gasteiger partial charge in [-0.1, -0.05) is 10.7 Å². The van der Waals surface area contributed by atoms with Gasteiger partial charge in [-0.3, -0.25) is 0 Å². The van der Waals surface area contributed by atoms with E-state index >= 15 is 0 Å². The van der Waals surface area contributed by atoms with Crippen LogP contribution in [0.25, 0.3) is 0 Å². The number of ether oxygens (including phenoxy) is 1. The van der Waals surface area contributed by atoms with Crippen molar-refractivity contribution in [2.45, 2.75) is 42.2 Å². The Labute approximate surface area is 216 Å². The van der Waals surface area contributed by atoms with Gasteiger partial charge in [-0.2, -0.15) is 13.4 Å². The third kappa shape index (κ3) is 7.23. The number of aliphatic hydroxyl groups is 1. The lowest BCUT2D eigenvalue weighted by molar-refractivity contribution is 0.0647. The summed E-state index contributed by atoms with van der Waals surface area (Å²) < 4.78 is 35.1. The van der Waals surface area contributed by atoms with E-state index in [4.69, 9.17) is 4.74 Å². The highest BCUT2D eigenvalue weighted by molar-refractivity contribution is 9.10. The van der Waals surface area contributed by atoms with E-state index in [1.165, 1.54) is 19.2 Å². The second kappa shape index (κ2) is 11.0. The monoisotopic (exact) mass is 581 g/mol. The Morgan fingerprint density at radius 2 is 1.77 bits per heavy atom. The van der Waals surface area contributed by atoms with E-state index in [0.717, 1.165) is 10.6 Å². The standard InChI is InChI=1S/C23H28BrN5O4S2/c1-15(23(2,3)30)26-21-20(24)14-25-22(28-21)27-16-6-10-18(11-7-16)34(5)29-35(31,32)19-12-8-17(33-4)9-13-19/h6-15,30H,1-5H3,(H2,25,26,27,28)/t15-,34?/m1/s1. The number of methoxy groups -OCH3 is 1. The molecule has 0 amide bonds. The van der Waals surface area contributed by atoms with Gasteiger partial charge >= 0.3 is 0 Å². The van der Waals surface area contributed by atoms with Crippen LogP contribution in [0, 0.1) is 0 Å². The zero-order valence-electron chi connectivity index (χ0n) is 20.0. The van der Waals surface area contributed by atoms with Crippen molar-refractivity contribution in [3.63, 3.8) is 0 Å². The minimum Gasteiger partial charge on any atom is -0.497 e. The highest BCUT2D eigenvalue weighted by atomic mass is 79.9. The summed E-state index contributed by atoms with van der Waals surface area (Å²) in [5, 5.41) is 16.5. The summed E-state index contributed by atoms with van der Waals surface area (Å²) >= 11 is 3.42. The van der Waals surface area contributed by atoms with Gasteiger partial charge in [0.1, 0.15) is 11.6 Å². The Morgan fingerprint density at radius 1 is 1.14 bits per heavy atom. The van der Waals surface area contributed by atoms with Gasteiger partial charge in [0.05, 0.1) is 28.1 Å². The van der Waals surface area contributed by atoms with Gasteiger partial charge in [-0.25, -0.2) is 4.98 Å². The topological polar surface area (TPSA) is 126 Å². The molecule has 3 N–H and O–H groups in total. The van der Waals surface area contributed by atoms with Crippen molar-refractivity contribution in [3.05, 3.63) is 59.2 Å². The first-order valence-electron chi connectivity index (χ1n) is 10.6. The van der Waals surface area contributed by atoms with Crippen LogP contribution in [0.2, 0.25) is 0 Å². The maximum absolute atomic E-state index is 12.7. The molecule has 12 heteroatoms. The van der Waals surface area contributed by atoms with E-state index in [9.17, 15) is 13.5 Å². The number of nitrogens with zero attached hydrogens (tertiary/aromatic N) is 3. The largest absolute Gasteiger partial charge is 0.497 e. The predicted molar refractivity (Wildman–Crippen MR) is 143 cm³/mol. The van der Waals surface area contributed by atoms with Gasteiger partial charge < -0.3 is 20.5 Å². The second-order valence-electron chi connectivity index (χ2n) is 8.26. The van der Waals surface area contributed by atoms with E-state index in [1.54, 1.807) is 38.4 Å². The summed E-state index contributed by atoms with van der Waals surface area (Å²) in [5.41, 5.74) is -0.204. The minimum atomic E-state index is -3.80. The van der Waals surface area contributed by atoms with Crippen LogP contribution < -0.4 is 15.4 Å². The fraction of sp³-hybridized carbons (Fsp3) is 0.304. The van der Waals surface area contributed by atoms with Crippen molar-refractivity contribution in [3.8, 4) is 5.75 Å². The Kier molecular flexibility index (Phi) is 8.52. The molecule has 0 saturated heterocycles. The van der Waals surface area contributed by atoms with Crippen molar-refractivity contribution in [1.82, 2.24) is 9.97 Å². The van der Waals surface area contributed by atoms with Crippen LogP contribution >= 0.6 is 15.9 Å². The van der Waals surface area contributed by atoms with Crippen LogP contribution in [-0.2, 0) is 20.7 Å². The molecule has 3 aromatic rings. The normalized spacial score (nSPS) is 13.8. The van der Waals surface area contributed by atoms with Crippen LogP contribution in [-0.4, -0.2) is 48.5 Å². The Bertz CT molecular complexity index is 1310. The molecule has 0 saturated carbocycles. The smallest absolute Gasteiger partial charge is 0.288 e. The fourth-order valence-electron chi connectivity index (χ4n) is 2.76. The third-order valence-corrected chi connectivity index (χ3v) is 9.26. The molecular weight excluding hydrogens is 554 g/mol. The first-order valence-corrected chi connectivity index (χ1v) is 14.4. The molecular formula is C23H28BrN5O4S2. The molecule has 0 fully saturated rings. The predicted octanol–water partition coefficient (Wildman–Crippen LogP) is 4.74. The number of aromatic nitrogens is 2. The van der Waals surface area contributed by atoms with E-state index < -0.39 is 26.3 Å². The van der Waals surface area contributed by atoms with Gasteiger partial charge in [0.25, 0.3) is 10.0 Å². The van der Waals surface area contributed by atoms with Gasteiger partial charge in [-0.05, 0) is 91.5 Å². The van der Waals surface area contributed by atoms with Crippen molar-refractivity contribution in [2.24, 2.45) is 3.77 Å². The number of nitrogens with one attached hydrogen (secondary N) is 2. The lowest BCUT2D eigenvalue weighted by atomic mass is 10.0. The summed E-state index contributed by atoms with van der Waals surface area (Å²) in [6.45, 7) is 5.30. The number of benzene rings is 2. The quantitative estimate of drug-likeness (QED) is 0.330. The summed E-state index contributed by atoms with van der Waals surface area (Å²) in [4.78, 5) is 9.64. The van der Waals surface area contributed by atoms with Gasteiger partial charge in [0, 0.05) is 16.8 Å². The molecule has 9 nitrogen and oxygen atoms in total. The van der Waals surface area contributed by atoms with Crippen molar-refractivity contribution >= 4 is 54.1 Å². The van der Waals surface area contributed by atoms with Crippen LogP contribution in [0.5, 0.6) is 5.75 Å². The Hall–Kier alpha value is -2.54. The number of hydrogen-bond donors (Lipinski definition) is 3. The Morgan fingerprint density at radius 3 is 2.34 bits per heavy atom. The molecule has 2 aromatic carbocycles. The van der Waals surface area contributed by atoms with Crippen molar-refractivity contribution < 1.29 is 18.3 Å². The average molecular weight is 583 g/mol. The van der Waals surface area contributed by atoms with Crippen LogP contribution in [0.15, 0.2) is 72.8 Å². The molecule has 2 atom stereocenters. The number of anilines is 3. The molecule has 35 heavy (non-hydrogen) atoms. The van der Waals surface area contributed by atoms with Gasteiger partial charge in [0.2, 0.25) is 5.95 Å². The molecule has 1 unspecified atom stereocenters. The van der Waals surface area contributed by atoms with Gasteiger partial charge in [-0.15, -0.1) is 3.77 Å². The summed E-state index contributed by atoms with van der Waals surface area (Å²) in [7, 11) is -3.16. The summed E-state index contributed by atoms with van der Waals surface area (Å²) in [5.74, 6) is 1.49. The maximum Gasteiger partial charge on any atom is 0.288 e. The zero-order chi connectivity index (χ0) is 25.8. The molecule has 0 aliphatic heterocycles. The molecule has 0 spiro atoms. The zero-order valence-corrected chi connectivity index (χ0v) is 23.2. The Balaban J connectivity index is 1.75. The molecule has 1 heterocycles. The summed E-state index contributed by atoms with van der Waals surface area (Å²) in [6.07, 6.45) is 3.37. The number of rotatable bonds is 9. The van der Waals surface area contributed by atoms with Crippen molar-refractivity contribution in [2.75, 3.05) is 24.0 Å². The lowest BCUT2D eigenvalue weighted by Crippen LogP contribution is -2.39. The molecule has 0 bridgehead atoms. The van der Waals surface area contributed by atoms with E-state index in [-0.39, 0.29) is 10.9 Å². The number of halogens is 1. The van der Waals surface area contributed by atoms with E-state index in [2.05, 4.69) is 40.3 Å². The fourth-order valence-corrected chi connectivity index (χ4v) is 5.94. The maximum atomic E-state index is 12.7. The average Bonchev–Trinajstić information content (AvgIpc) is 2.80. The molecule has 3 rings (SSSR count). The van der Waals surface area contributed by atoms with Crippen LogP contribution in [0.3, 0.4) is 0 Å². The third-order valence-electron chi connectivity index (χ3n) is 5.18. The molecule has 1 aromatic heterocycles. The van der Waals surface area contributed by atoms with Crippen LogP contribution in [0.4, 0.5) is 17.5 Å². The molecule has 0 aliphatic carbocycles. The SMILES string of the molecule is COc1ccc(S(=O)(=O)N=S(C)c2ccc(Nc3ncc(Br)c(N[C@H](C)C(C)(C)O)n3)cc2)cc1. The van der Waals surface area contributed by atoms with E-state index in [0.29, 0.717) is 22.0 Å². The minimum absolute atomic E-state index is 0.117. The highest BCUT2D eigenvalue weighted by Crippen LogP contribution is 2.25. The van der Waals surface area contributed by atoms with Crippen LogP contribution in [0.1, 0.15) is 20.8 Å². The first kappa shape index (κ1) is 27.1. The molecule has 0 radical (unpaired) electrons. The molecule has 188 valence electrons. The van der Waals surface area contributed by atoms with Crippen molar-refractivity contribution in [1.29, 1.82) is 0 Å². The highest BCUT2D eigenvalue weighted by Gasteiger charge is 2.23. The lowest BCUT2D eigenvalue weighted by Gasteiger charge is -2.27. The number of hydrogen-bond acceptors (Lipinski definition) is 8. The summed E-state index contributed by atoms with van der Waals surface area (Å²) in [6, 6.07) is 13.1. The van der Waals surface area contributed by atoms with Gasteiger partial charge in [0.15, 0.2) is 0 Å². The molecule has 0 aliphatic rings. The second-order valence-corrected chi connectivity index (χ2v) is 12.6. The number of sulfonamides is 1. The van der Waals surface area contributed by atoms with E-state index in [1.807, 2.05) is 31.2 Å².